The molecule has 4 aromatic rings. The number of amides is 2. The van der Waals surface area contributed by atoms with E-state index in [2.05, 4.69) is 25.8 Å². The van der Waals surface area contributed by atoms with Crippen LogP contribution < -0.4 is 15.4 Å². The average Bonchev–Trinajstić information content (AvgIpc) is 3.42. The summed E-state index contributed by atoms with van der Waals surface area (Å²) in [5.41, 5.74) is 1.41. The Morgan fingerprint density at radius 1 is 1.17 bits per heavy atom. The maximum absolute atomic E-state index is 12.5. The zero-order chi connectivity index (χ0) is 20.2. The molecule has 9 heteroatoms. The summed E-state index contributed by atoms with van der Waals surface area (Å²) in [6.07, 6.45) is 1.47. The van der Waals surface area contributed by atoms with Crippen molar-refractivity contribution in [2.75, 3.05) is 12.4 Å². The number of nitrogens with zero attached hydrogens (tertiary/aromatic N) is 2. The molecule has 1 aromatic carbocycles. The number of pyridine rings is 1. The third-order valence-electron chi connectivity index (χ3n) is 4.26. The highest BCUT2D eigenvalue weighted by atomic mass is 32.1. The van der Waals surface area contributed by atoms with Crippen molar-refractivity contribution in [1.29, 1.82) is 0 Å². The van der Waals surface area contributed by atoms with Crippen LogP contribution in [0.5, 0.6) is 5.75 Å². The third-order valence-corrected chi connectivity index (χ3v) is 5.14. The topological polar surface area (TPSA) is 109 Å². The van der Waals surface area contributed by atoms with E-state index in [0.717, 1.165) is 4.88 Å². The maximum atomic E-state index is 12.5. The first kappa shape index (κ1) is 18.6. The molecule has 8 nitrogen and oxygen atoms in total. The SMILES string of the molecule is COc1ccc(C(=O)Nc2n[nH]c3ccc(C(=O)NCc4cccs4)cc23)nc1. The van der Waals surface area contributed by atoms with Crippen LogP contribution >= 0.6 is 11.3 Å². The van der Waals surface area contributed by atoms with Gasteiger partial charge in [-0.3, -0.25) is 14.7 Å². The van der Waals surface area contributed by atoms with Crippen molar-refractivity contribution in [2.45, 2.75) is 6.54 Å². The molecule has 0 spiro atoms. The summed E-state index contributed by atoms with van der Waals surface area (Å²) in [5, 5.41) is 15.2. The molecule has 0 aliphatic rings. The summed E-state index contributed by atoms with van der Waals surface area (Å²) >= 11 is 1.58. The van der Waals surface area contributed by atoms with Gasteiger partial charge in [-0.15, -0.1) is 11.3 Å². The van der Waals surface area contributed by atoms with Crippen LogP contribution in [0, 0.1) is 0 Å². The highest BCUT2D eigenvalue weighted by molar-refractivity contribution is 7.09. The smallest absolute Gasteiger partial charge is 0.275 e. The third kappa shape index (κ3) is 4.09. The zero-order valence-corrected chi connectivity index (χ0v) is 16.2. The summed E-state index contributed by atoms with van der Waals surface area (Å²) < 4.78 is 5.04. The summed E-state index contributed by atoms with van der Waals surface area (Å²) in [4.78, 5) is 30.1. The minimum atomic E-state index is -0.409. The van der Waals surface area contributed by atoms with Crippen LogP contribution in [0.3, 0.4) is 0 Å². The van der Waals surface area contributed by atoms with E-state index in [9.17, 15) is 9.59 Å². The molecule has 0 fully saturated rings. The molecule has 0 saturated carbocycles. The van der Waals surface area contributed by atoms with Crippen LogP contribution in [-0.2, 0) is 6.54 Å². The average molecular weight is 407 g/mol. The predicted molar refractivity (Wildman–Crippen MR) is 110 cm³/mol. The molecule has 0 saturated heterocycles. The van der Waals surface area contributed by atoms with E-state index in [0.29, 0.717) is 34.6 Å². The molecule has 3 aromatic heterocycles. The number of aromatic amines is 1. The number of nitrogens with one attached hydrogen (secondary N) is 3. The molecule has 4 rings (SSSR count). The number of methoxy groups -OCH3 is 1. The van der Waals surface area contributed by atoms with E-state index in [1.807, 2.05) is 17.5 Å². The van der Waals surface area contributed by atoms with E-state index >= 15 is 0 Å². The molecule has 0 aliphatic carbocycles. The highest BCUT2D eigenvalue weighted by Crippen LogP contribution is 2.22. The van der Waals surface area contributed by atoms with Crippen molar-refractivity contribution in [3.63, 3.8) is 0 Å². The van der Waals surface area contributed by atoms with Crippen LogP contribution in [0.1, 0.15) is 25.7 Å². The van der Waals surface area contributed by atoms with E-state index in [-0.39, 0.29) is 11.6 Å². The van der Waals surface area contributed by atoms with Gasteiger partial charge in [-0.25, -0.2) is 4.98 Å². The molecule has 3 N–H and O–H groups in total. The number of hydrogen-bond acceptors (Lipinski definition) is 6. The van der Waals surface area contributed by atoms with Gasteiger partial charge in [-0.1, -0.05) is 6.07 Å². The minimum Gasteiger partial charge on any atom is -0.495 e. The Kier molecular flexibility index (Phi) is 5.21. The van der Waals surface area contributed by atoms with E-state index in [4.69, 9.17) is 4.74 Å². The lowest BCUT2D eigenvalue weighted by Crippen LogP contribution is -2.22. The van der Waals surface area contributed by atoms with Gasteiger partial charge in [0.1, 0.15) is 11.4 Å². The van der Waals surface area contributed by atoms with Gasteiger partial charge in [-0.2, -0.15) is 5.10 Å². The number of H-pyrrole nitrogens is 1. The number of thiophene rings is 1. The van der Waals surface area contributed by atoms with E-state index in [1.165, 1.54) is 13.3 Å². The number of anilines is 1. The van der Waals surface area contributed by atoms with Crippen molar-refractivity contribution in [3.05, 3.63) is 70.2 Å². The number of benzene rings is 1. The molecule has 0 aliphatic heterocycles. The number of carbonyl (C=O) groups is 2. The van der Waals surface area contributed by atoms with Gasteiger partial charge in [-0.05, 0) is 41.8 Å². The van der Waals surface area contributed by atoms with Gasteiger partial charge >= 0.3 is 0 Å². The lowest BCUT2D eigenvalue weighted by Gasteiger charge is -2.05. The molecular weight excluding hydrogens is 390 g/mol. The Labute approximate surface area is 169 Å². The summed E-state index contributed by atoms with van der Waals surface area (Å²) in [6.45, 7) is 0.465. The van der Waals surface area contributed by atoms with Crippen LogP contribution in [0.25, 0.3) is 10.9 Å². The lowest BCUT2D eigenvalue weighted by molar-refractivity contribution is 0.0950. The highest BCUT2D eigenvalue weighted by Gasteiger charge is 2.15. The number of hydrogen-bond donors (Lipinski definition) is 3. The second-order valence-corrected chi connectivity index (χ2v) is 7.16. The Morgan fingerprint density at radius 3 is 2.79 bits per heavy atom. The van der Waals surface area contributed by atoms with Gasteiger partial charge in [0.05, 0.1) is 25.4 Å². The molecular formula is C20H17N5O3S. The summed E-state index contributed by atoms with van der Waals surface area (Å²) in [6, 6.07) is 12.3. The fourth-order valence-electron chi connectivity index (χ4n) is 2.74. The molecule has 0 atom stereocenters. The van der Waals surface area contributed by atoms with E-state index < -0.39 is 5.91 Å². The predicted octanol–water partition coefficient (Wildman–Crippen LogP) is 3.21. The van der Waals surface area contributed by atoms with Crippen molar-refractivity contribution >= 4 is 39.9 Å². The molecule has 29 heavy (non-hydrogen) atoms. The number of ether oxygens (including phenoxy) is 1. The number of aromatic nitrogens is 3. The Balaban J connectivity index is 1.51. The van der Waals surface area contributed by atoms with Crippen LogP contribution in [0.4, 0.5) is 5.82 Å². The maximum Gasteiger partial charge on any atom is 0.275 e. The first-order valence-electron chi connectivity index (χ1n) is 8.74. The molecule has 0 radical (unpaired) electrons. The lowest BCUT2D eigenvalue weighted by atomic mass is 10.1. The first-order chi connectivity index (χ1) is 14.1. The normalized spacial score (nSPS) is 10.7. The largest absolute Gasteiger partial charge is 0.495 e. The van der Waals surface area contributed by atoms with E-state index in [1.54, 1.807) is 41.7 Å². The minimum absolute atomic E-state index is 0.199. The van der Waals surface area contributed by atoms with Gasteiger partial charge in [0.25, 0.3) is 11.8 Å². The van der Waals surface area contributed by atoms with Crippen molar-refractivity contribution in [1.82, 2.24) is 20.5 Å². The molecule has 3 heterocycles. The molecule has 2 amide bonds. The van der Waals surface area contributed by atoms with Gasteiger partial charge < -0.3 is 15.4 Å². The number of fused-ring (bicyclic) bond motifs is 1. The quantitative estimate of drug-likeness (QED) is 0.455. The van der Waals surface area contributed by atoms with Crippen molar-refractivity contribution in [3.8, 4) is 5.75 Å². The van der Waals surface area contributed by atoms with Crippen LogP contribution in [-0.4, -0.2) is 34.1 Å². The van der Waals surface area contributed by atoms with Gasteiger partial charge in [0.2, 0.25) is 0 Å². The molecule has 0 bridgehead atoms. The van der Waals surface area contributed by atoms with Crippen molar-refractivity contribution < 1.29 is 14.3 Å². The second-order valence-electron chi connectivity index (χ2n) is 6.13. The Bertz CT molecular complexity index is 1150. The van der Waals surface area contributed by atoms with Crippen LogP contribution in [0.15, 0.2) is 54.0 Å². The summed E-state index contributed by atoms with van der Waals surface area (Å²) in [5.74, 6) is 0.282. The van der Waals surface area contributed by atoms with Crippen LogP contribution in [0.2, 0.25) is 0 Å². The summed E-state index contributed by atoms with van der Waals surface area (Å²) in [7, 11) is 1.53. The molecule has 146 valence electrons. The van der Waals surface area contributed by atoms with Gasteiger partial charge in [0.15, 0.2) is 5.82 Å². The number of carbonyl (C=O) groups excluding carboxylic acids is 2. The standard InChI is InChI=1S/C20H17N5O3S/c1-28-13-5-7-17(21-10-13)20(27)23-18-15-9-12(4-6-16(15)24-25-18)19(26)22-11-14-3-2-8-29-14/h2-10H,11H2,1H3,(H,22,26)(H2,23,24,25,27). The second kappa shape index (κ2) is 8.11. The number of rotatable bonds is 6. The zero-order valence-electron chi connectivity index (χ0n) is 15.4. The van der Waals surface area contributed by atoms with Gasteiger partial charge in [0, 0.05) is 15.8 Å². The fraction of sp³-hybridized carbons (Fsp3) is 0.100. The monoisotopic (exact) mass is 407 g/mol. The first-order valence-corrected chi connectivity index (χ1v) is 9.62. The Morgan fingerprint density at radius 2 is 2.07 bits per heavy atom. The Hall–Kier alpha value is -3.72. The fourth-order valence-corrected chi connectivity index (χ4v) is 3.38. The van der Waals surface area contributed by atoms with Crippen molar-refractivity contribution in [2.24, 2.45) is 0 Å². The molecule has 0 unspecified atom stereocenters.